The molecule has 0 fully saturated rings. The van der Waals surface area contributed by atoms with Gasteiger partial charge < -0.3 is 72.6 Å². The third-order valence-electron chi connectivity index (χ3n) is 24.5. The Morgan fingerprint density at radius 2 is 0.534 bits per heavy atom. The van der Waals surface area contributed by atoms with Crippen LogP contribution in [0.1, 0.15) is 109 Å². The number of halogens is 2. The molecule has 0 unspecified atom stereocenters. The number of aromatic nitrogens is 20. The third-order valence-corrected chi connectivity index (χ3v) is 25.1. The van der Waals surface area contributed by atoms with Crippen LogP contribution in [0.2, 0.25) is 10.0 Å². The molecule has 750 valence electrons. The van der Waals surface area contributed by atoms with Crippen LogP contribution >= 0.6 is 23.2 Å². The number of pyridine rings is 2. The highest BCUT2D eigenvalue weighted by molar-refractivity contribution is 6.34. The standard InChI is InChI=1S/C36H38Cl2N10O2.C36H40N10O2.C34H38N12O2/c1-21-27(7-5-9-29(21)33-43-35-31(37)15-25(19-47(35)45-33)17-39-11-13-41-23(3)49)28-8-6-10-30(22(28)2)34-44-36-32(38)16-26(20-48(36)46-34)18-40-12-14-42-24(4)50;1-23-29(7-5-9-31(23)33-21-45-19-27(41-17-35(45)43-33)15-37-11-13-39-25(3)47)30-8-6-10-32(24(30)2)34-22-46-20-28(42-18-36(46)44-34)16-38-12-14-40-26(4)48;1-21-27(7-5-9-29(21)31-19-45-33(41-31)39-17-25(43-45)15-35-11-13-37-23(3)47)28-8-6-10-30(22(28)2)32-20-46-34(42-32)40-18-26(44-46)16-36-12-14-38-24(4)48/h5-10,15-16,19-20,39-40H,11-14,17-18H2,1-4H3,(H,41,49)(H,42,50);5-10,17-22,37-38H,11-16H2,1-4H3,(H,39,47)(H,40,48);5-10,17-20,35-36H,11-16H2,1-4H3,(H,37,47)(H,38,48). The van der Waals surface area contributed by atoms with Crippen LogP contribution in [0.5, 0.6) is 0 Å². The molecular formula is C106H116Cl2N32O6. The molecule has 18 aromatic rings. The van der Waals surface area contributed by atoms with Crippen LogP contribution in [0.3, 0.4) is 0 Å². The predicted molar refractivity (Wildman–Crippen MR) is 564 cm³/mol. The van der Waals surface area contributed by atoms with E-state index in [1.54, 1.807) is 42.8 Å². The summed E-state index contributed by atoms with van der Waals surface area (Å²) in [4.78, 5) is 114. The van der Waals surface area contributed by atoms with Crippen molar-refractivity contribution in [2.24, 2.45) is 0 Å². The smallest absolute Gasteiger partial charge is 0.251 e. The fraction of sp³-hybridized carbons (Fsp3) is 0.283. The number of carbonyl (C=O) groups is 6. The highest BCUT2D eigenvalue weighted by atomic mass is 35.5. The lowest BCUT2D eigenvalue weighted by atomic mass is 9.90. The molecule has 12 heterocycles. The van der Waals surface area contributed by atoms with Crippen molar-refractivity contribution in [2.45, 2.75) is 122 Å². The van der Waals surface area contributed by atoms with Gasteiger partial charge >= 0.3 is 0 Å². The van der Waals surface area contributed by atoms with E-state index in [9.17, 15) is 28.8 Å². The van der Waals surface area contributed by atoms with E-state index in [-0.39, 0.29) is 35.4 Å². The minimum Gasteiger partial charge on any atom is -0.355 e. The highest BCUT2D eigenvalue weighted by Crippen LogP contribution is 2.41. The van der Waals surface area contributed by atoms with Crippen molar-refractivity contribution in [1.82, 2.24) is 161 Å². The average molecular weight is 2010 g/mol. The molecule has 0 aliphatic carbocycles. The number of benzene rings is 6. The Labute approximate surface area is 852 Å². The van der Waals surface area contributed by atoms with E-state index >= 15 is 0 Å². The number of nitrogens with zero attached hydrogens (tertiary/aromatic N) is 20. The summed E-state index contributed by atoms with van der Waals surface area (Å²) < 4.78 is 10.9. The Morgan fingerprint density at radius 1 is 0.267 bits per heavy atom. The van der Waals surface area contributed by atoms with Gasteiger partial charge in [0.1, 0.15) is 0 Å². The normalized spacial score (nSPS) is 11.4. The predicted octanol–water partition coefficient (Wildman–Crippen LogP) is 11.6. The van der Waals surface area contributed by atoms with Crippen molar-refractivity contribution in [3.05, 3.63) is 273 Å². The summed E-state index contributed by atoms with van der Waals surface area (Å²) in [5.74, 6) is 1.91. The van der Waals surface area contributed by atoms with Crippen LogP contribution in [-0.2, 0) is 68.0 Å². The molecule has 12 N–H and O–H groups in total. The minimum atomic E-state index is -0.0561. The van der Waals surface area contributed by atoms with E-state index < -0.39 is 0 Å². The van der Waals surface area contributed by atoms with Crippen molar-refractivity contribution in [1.29, 1.82) is 0 Å². The first-order chi connectivity index (χ1) is 70.6. The molecule has 0 saturated heterocycles. The van der Waals surface area contributed by atoms with Gasteiger partial charge in [-0.2, -0.15) is 10.2 Å². The lowest BCUT2D eigenvalue weighted by Crippen LogP contribution is -2.30. The largest absolute Gasteiger partial charge is 0.355 e. The Hall–Kier alpha value is -15.9. The molecule has 0 spiro atoms. The molecular weight excluding hydrogens is 1890 g/mol. The van der Waals surface area contributed by atoms with Crippen molar-refractivity contribution in [3.63, 3.8) is 0 Å². The van der Waals surface area contributed by atoms with Crippen molar-refractivity contribution >= 4 is 92.8 Å². The molecule has 0 atom stereocenters. The Morgan fingerprint density at radius 3 is 0.836 bits per heavy atom. The lowest BCUT2D eigenvalue weighted by Gasteiger charge is -2.14. The lowest BCUT2D eigenvalue weighted by molar-refractivity contribution is -0.119. The molecule has 40 heteroatoms. The van der Waals surface area contributed by atoms with E-state index in [4.69, 9.17) is 63.3 Å². The van der Waals surface area contributed by atoms with Crippen LogP contribution < -0.4 is 63.8 Å². The van der Waals surface area contributed by atoms with Gasteiger partial charge in [0.25, 0.3) is 11.6 Å². The average Bonchev–Trinajstić information content (AvgIpc) is 1.63. The van der Waals surface area contributed by atoms with Crippen molar-refractivity contribution in [3.8, 4) is 101 Å². The fourth-order valence-corrected chi connectivity index (χ4v) is 17.8. The first-order valence-corrected chi connectivity index (χ1v) is 48.9. The van der Waals surface area contributed by atoms with E-state index in [2.05, 4.69) is 208 Å². The molecule has 0 radical (unpaired) electrons. The molecule has 6 aromatic carbocycles. The van der Waals surface area contributed by atoms with Crippen LogP contribution in [-0.4, -0.2) is 211 Å². The first kappa shape index (κ1) is 103. The fourth-order valence-electron chi connectivity index (χ4n) is 17.3. The summed E-state index contributed by atoms with van der Waals surface area (Å²) in [5, 5.41) is 56.4. The number of nitrogens with one attached hydrogen (secondary N) is 12. The van der Waals surface area contributed by atoms with Crippen LogP contribution in [0.4, 0.5) is 0 Å². The summed E-state index contributed by atoms with van der Waals surface area (Å²) >= 11 is 13.3. The molecule has 18 rings (SSSR count). The zero-order valence-electron chi connectivity index (χ0n) is 83.4. The van der Waals surface area contributed by atoms with E-state index in [0.29, 0.717) is 162 Å². The van der Waals surface area contributed by atoms with Gasteiger partial charge in [0.2, 0.25) is 35.4 Å². The zero-order chi connectivity index (χ0) is 103. The van der Waals surface area contributed by atoms with E-state index in [0.717, 1.165) is 168 Å². The number of imidazole rings is 4. The zero-order valence-corrected chi connectivity index (χ0v) is 84.9. The Kier molecular flexibility index (Phi) is 33.8. The second-order valence-corrected chi connectivity index (χ2v) is 36.2. The van der Waals surface area contributed by atoms with Crippen LogP contribution in [0.25, 0.3) is 135 Å². The van der Waals surface area contributed by atoms with E-state index in [1.807, 2.05) is 107 Å². The summed E-state index contributed by atoms with van der Waals surface area (Å²) in [6.45, 7) is 32.2. The van der Waals surface area contributed by atoms with Crippen molar-refractivity contribution in [2.75, 3.05) is 78.5 Å². The van der Waals surface area contributed by atoms with Crippen LogP contribution in [0.15, 0.2) is 196 Å². The topological polar surface area (TPSA) is 454 Å². The molecule has 12 aromatic heterocycles. The number of hydrogen-bond donors (Lipinski definition) is 12. The summed E-state index contributed by atoms with van der Waals surface area (Å²) in [6, 6.07) is 41.2. The number of hydrogen-bond acceptors (Lipinski definition) is 26. The van der Waals surface area contributed by atoms with Gasteiger partial charge in [-0.1, -0.05) is 132 Å². The maximum atomic E-state index is 11.1. The van der Waals surface area contributed by atoms with Gasteiger partial charge in [-0.25, -0.2) is 57.9 Å². The second-order valence-electron chi connectivity index (χ2n) is 35.4. The van der Waals surface area contributed by atoms with Gasteiger partial charge in [0.05, 0.1) is 92.8 Å². The van der Waals surface area contributed by atoms with Crippen LogP contribution in [0, 0.1) is 41.5 Å². The number of carbonyl (C=O) groups excluding carboxylic acids is 6. The SMILES string of the molecule is CC(=O)NCCNCc1cc(Cl)c2nc(-c3cccc(-c4cccc(-c5nc6c(Cl)cc(CNCCNC(C)=O)cn6n5)c4C)c3C)nn2c1.CC(=O)NCCNCc1cn2cc(-c3cccc(-c4cccc(-c5cn6cc(CNCCNC(C)=O)ncc6n5)c4C)c3C)nc2cn1.CC(=O)NCCNCc1cnc2nc(-c3cccc(-c4cccc(-c5cn6nc(CNCCNC(C)=O)cnc6n5)c4C)c3C)cn2n1. The minimum absolute atomic E-state index is 0.0364. The van der Waals surface area contributed by atoms with Gasteiger partial charge in [-0.3, -0.25) is 38.7 Å². The first-order valence-electron chi connectivity index (χ1n) is 48.1. The second kappa shape index (κ2) is 48.0. The summed E-state index contributed by atoms with van der Waals surface area (Å²) in [5.41, 5.74) is 30.3. The molecule has 0 aliphatic rings. The molecule has 38 nitrogen and oxygen atoms in total. The quantitative estimate of drug-likeness (QED) is 0.0159. The monoisotopic (exact) mass is 2000 g/mol. The van der Waals surface area contributed by atoms with Gasteiger partial charge in [0, 0.05) is 230 Å². The third kappa shape index (κ3) is 25.6. The van der Waals surface area contributed by atoms with E-state index in [1.165, 1.54) is 41.5 Å². The number of rotatable bonds is 39. The van der Waals surface area contributed by atoms with Gasteiger partial charge in [-0.15, -0.1) is 10.2 Å². The highest BCUT2D eigenvalue weighted by Gasteiger charge is 2.24. The molecule has 0 bridgehead atoms. The molecule has 146 heavy (non-hydrogen) atoms. The molecule has 6 amide bonds. The maximum absolute atomic E-state index is 11.1. The number of amides is 6. The van der Waals surface area contributed by atoms with Crippen molar-refractivity contribution < 1.29 is 28.8 Å². The Balaban J connectivity index is 0.000000157. The Bertz CT molecular complexity index is 7100. The van der Waals surface area contributed by atoms with Gasteiger partial charge in [-0.05, 0) is 132 Å². The number of fused-ring (bicyclic) bond motifs is 6. The summed E-state index contributed by atoms with van der Waals surface area (Å²) in [6.07, 6.45) is 22.7. The van der Waals surface area contributed by atoms with Gasteiger partial charge in [0.15, 0.2) is 34.2 Å². The summed E-state index contributed by atoms with van der Waals surface area (Å²) in [7, 11) is 0. The molecule has 0 saturated carbocycles. The molecule has 0 aliphatic heterocycles. The maximum Gasteiger partial charge on any atom is 0.251 e.